The summed E-state index contributed by atoms with van der Waals surface area (Å²) in [7, 11) is 0. The van der Waals surface area contributed by atoms with Crippen LogP contribution in [0.4, 0.5) is 0 Å². The number of likely N-dealkylation sites (tertiary alicyclic amines) is 2. The first-order chi connectivity index (χ1) is 13.2. The number of carbonyl (C=O) groups excluding carboxylic acids is 1. The minimum Gasteiger partial charge on any atom is -0.396 e. The summed E-state index contributed by atoms with van der Waals surface area (Å²) in [6.07, 6.45) is 8.55. The average molecular weight is 377 g/mol. The van der Waals surface area contributed by atoms with Gasteiger partial charge in [0.2, 0.25) is 5.91 Å². The quantitative estimate of drug-likeness (QED) is 0.827. The number of amides is 1. The van der Waals surface area contributed by atoms with Crippen LogP contribution in [0.1, 0.15) is 37.9 Å². The van der Waals surface area contributed by atoms with E-state index in [2.05, 4.69) is 14.9 Å². The summed E-state index contributed by atoms with van der Waals surface area (Å²) in [6, 6.07) is 0. The Kier molecular flexibility index (Phi) is 5.80. The maximum atomic E-state index is 12.9. The molecule has 7 nitrogen and oxygen atoms in total. The molecule has 0 radical (unpaired) electrons. The number of imidazole rings is 1. The van der Waals surface area contributed by atoms with Crippen molar-refractivity contribution in [1.82, 2.24) is 19.8 Å². The number of aromatic nitrogens is 2. The van der Waals surface area contributed by atoms with Crippen LogP contribution in [0.15, 0.2) is 12.4 Å². The van der Waals surface area contributed by atoms with Crippen molar-refractivity contribution in [1.29, 1.82) is 0 Å². The van der Waals surface area contributed by atoms with Crippen molar-refractivity contribution in [3.63, 3.8) is 0 Å². The maximum absolute atomic E-state index is 12.9. The minimum atomic E-state index is 0.113. The second-order valence-corrected chi connectivity index (χ2v) is 8.47. The van der Waals surface area contributed by atoms with Crippen LogP contribution in [0, 0.1) is 17.3 Å². The molecule has 1 amide bonds. The van der Waals surface area contributed by atoms with E-state index in [4.69, 9.17) is 4.74 Å². The number of H-pyrrole nitrogens is 1. The molecule has 1 spiro atoms. The van der Waals surface area contributed by atoms with Crippen molar-refractivity contribution in [2.24, 2.45) is 17.3 Å². The van der Waals surface area contributed by atoms with E-state index in [1.54, 1.807) is 6.20 Å². The summed E-state index contributed by atoms with van der Waals surface area (Å²) >= 11 is 0. The Bertz CT molecular complexity index is 607. The van der Waals surface area contributed by atoms with E-state index in [0.717, 1.165) is 64.1 Å². The van der Waals surface area contributed by atoms with Gasteiger partial charge in [-0.3, -0.25) is 9.69 Å². The third-order valence-corrected chi connectivity index (χ3v) is 7.07. The van der Waals surface area contributed by atoms with Crippen molar-refractivity contribution in [3.05, 3.63) is 18.2 Å². The normalized spacial score (nSPS) is 27.1. The van der Waals surface area contributed by atoms with Crippen LogP contribution in [0.25, 0.3) is 0 Å². The van der Waals surface area contributed by atoms with Crippen LogP contribution in [0.2, 0.25) is 0 Å². The Morgan fingerprint density at radius 1 is 1.26 bits per heavy atom. The van der Waals surface area contributed by atoms with Crippen LogP contribution in [0.3, 0.4) is 0 Å². The van der Waals surface area contributed by atoms with Crippen LogP contribution < -0.4 is 0 Å². The Morgan fingerprint density at radius 3 is 2.67 bits per heavy atom. The van der Waals surface area contributed by atoms with Crippen LogP contribution in [0.5, 0.6) is 0 Å². The van der Waals surface area contributed by atoms with Crippen molar-refractivity contribution in [3.8, 4) is 0 Å². The smallest absolute Gasteiger partial charge is 0.225 e. The van der Waals surface area contributed by atoms with E-state index >= 15 is 0 Å². The number of hydrogen-bond acceptors (Lipinski definition) is 5. The van der Waals surface area contributed by atoms with Crippen LogP contribution in [-0.2, 0) is 16.1 Å². The number of piperidine rings is 2. The van der Waals surface area contributed by atoms with Crippen molar-refractivity contribution >= 4 is 5.91 Å². The molecule has 0 bridgehead atoms. The molecule has 3 fully saturated rings. The highest BCUT2D eigenvalue weighted by molar-refractivity contribution is 5.79. The standard InChI is InChI=1S/C20H32N4O3/c25-15-17-13-24(19(26)16-1-11-27-12-2-16)10-5-20(17)3-8-23(9-4-20)14-18-21-6-7-22-18/h6-7,16-17,25H,1-5,8-15H2,(H,21,22)/t17-/m0/s1. The number of aliphatic hydroxyl groups is 1. The minimum absolute atomic E-state index is 0.113. The first-order valence-electron chi connectivity index (χ1n) is 10.4. The lowest BCUT2D eigenvalue weighted by molar-refractivity contribution is -0.145. The molecule has 0 aromatic carbocycles. The van der Waals surface area contributed by atoms with E-state index in [1.807, 2.05) is 11.1 Å². The molecule has 7 heteroatoms. The number of carbonyl (C=O) groups is 1. The van der Waals surface area contributed by atoms with Crippen LogP contribution in [-0.4, -0.2) is 76.8 Å². The van der Waals surface area contributed by atoms with E-state index in [1.165, 1.54) is 0 Å². The molecular weight excluding hydrogens is 344 g/mol. The number of hydrogen-bond donors (Lipinski definition) is 2. The second-order valence-electron chi connectivity index (χ2n) is 8.47. The zero-order valence-corrected chi connectivity index (χ0v) is 16.1. The summed E-state index contributed by atoms with van der Waals surface area (Å²) in [5.74, 6) is 1.60. The van der Waals surface area contributed by atoms with Gasteiger partial charge in [0.15, 0.2) is 0 Å². The fourth-order valence-electron chi connectivity index (χ4n) is 5.18. The highest BCUT2D eigenvalue weighted by Crippen LogP contribution is 2.45. The molecule has 27 heavy (non-hydrogen) atoms. The van der Waals surface area contributed by atoms with Gasteiger partial charge in [-0.2, -0.15) is 0 Å². The highest BCUT2D eigenvalue weighted by atomic mass is 16.5. The number of nitrogens with one attached hydrogen (secondary N) is 1. The zero-order valence-electron chi connectivity index (χ0n) is 16.1. The third kappa shape index (κ3) is 4.05. The molecule has 1 aromatic heterocycles. The molecule has 0 aliphatic carbocycles. The predicted octanol–water partition coefficient (Wildman–Crippen LogP) is 1.26. The number of ether oxygens (including phenoxy) is 1. The van der Waals surface area contributed by atoms with Gasteiger partial charge < -0.3 is 19.7 Å². The van der Waals surface area contributed by atoms with Gasteiger partial charge in [-0.1, -0.05) is 0 Å². The van der Waals surface area contributed by atoms with Crippen LogP contribution >= 0.6 is 0 Å². The van der Waals surface area contributed by atoms with E-state index in [0.29, 0.717) is 19.8 Å². The van der Waals surface area contributed by atoms with E-state index < -0.39 is 0 Å². The number of nitrogens with zero attached hydrogens (tertiary/aromatic N) is 3. The Balaban J connectivity index is 1.34. The molecule has 2 N–H and O–H groups in total. The number of aromatic amines is 1. The fraction of sp³-hybridized carbons (Fsp3) is 0.800. The van der Waals surface area contributed by atoms with Gasteiger partial charge in [0, 0.05) is 57.1 Å². The molecule has 1 aromatic rings. The molecule has 3 saturated heterocycles. The molecule has 3 aliphatic rings. The molecule has 1 atom stereocenters. The summed E-state index contributed by atoms with van der Waals surface area (Å²) in [5.41, 5.74) is 0.181. The van der Waals surface area contributed by atoms with Gasteiger partial charge in [-0.25, -0.2) is 4.98 Å². The molecule has 0 saturated carbocycles. The second kappa shape index (κ2) is 8.29. The maximum Gasteiger partial charge on any atom is 0.225 e. The monoisotopic (exact) mass is 376 g/mol. The predicted molar refractivity (Wildman–Crippen MR) is 101 cm³/mol. The summed E-state index contributed by atoms with van der Waals surface area (Å²) in [6.45, 7) is 6.05. The topological polar surface area (TPSA) is 81.7 Å². The first-order valence-corrected chi connectivity index (χ1v) is 10.4. The van der Waals surface area contributed by atoms with Crippen molar-refractivity contribution in [2.45, 2.75) is 38.6 Å². The van der Waals surface area contributed by atoms with Gasteiger partial charge in [-0.15, -0.1) is 0 Å². The SMILES string of the molecule is O=C(C1CCOCC1)N1CCC2(CCN(Cc3ncc[nH]3)CC2)[C@H](CO)C1. The molecule has 150 valence electrons. The largest absolute Gasteiger partial charge is 0.396 e. The van der Waals surface area contributed by atoms with Gasteiger partial charge in [0.1, 0.15) is 5.82 Å². The van der Waals surface area contributed by atoms with E-state index in [-0.39, 0.29) is 29.8 Å². The number of aliphatic hydroxyl groups excluding tert-OH is 1. The highest BCUT2D eigenvalue weighted by Gasteiger charge is 2.46. The van der Waals surface area contributed by atoms with Crippen molar-refractivity contribution < 1.29 is 14.6 Å². The molecule has 4 rings (SSSR count). The summed E-state index contributed by atoms with van der Waals surface area (Å²) < 4.78 is 5.39. The van der Waals surface area contributed by atoms with Gasteiger partial charge in [0.25, 0.3) is 0 Å². The Hall–Kier alpha value is -1.44. The Morgan fingerprint density at radius 2 is 2.00 bits per heavy atom. The average Bonchev–Trinajstić information content (AvgIpc) is 3.23. The molecule has 0 unspecified atom stereocenters. The molecule has 4 heterocycles. The van der Waals surface area contributed by atoms with E-state index in [9.17, 15) is 9.90 Å². The first kappa shape index (κ1) is 18.9. The number of rotatable bonds is 4. The Labute approximate surface area is 161 Å². The van der Waals surface area contributed by atoms with Crippen molar-refractivity contribution in [2.75, 3.05) is 46.0 Å². The molecule has 3 aliphatic heterocycles. The van der Waals surface area contributed by atoms with Gasteiger partial charge in [-0.05, 0) is 50.6 Å². The zero-order chi connectivity index (χ0) is 18.7. The fourth-order valence-corrected chi connectivity index (χ4v) is 5.18. The lowest BCUT2D eigenvalue weighted by Gasteiger charge is -2.51. The summed E-state index contributed by atoms with van der Waals surface area (Å²) in [5, 5.41) is 10.1. The lowest BCUT2D eigenvalue weighted by Crippen LogP contribution is -2.55. The summed E-state index contributed by atoms with van der Waals surface area (Å²) in [4.78, 5) is 24.9. The lowest BCUT2D eigenvalue weighted by atomic mass is 9.64. The van der Waals surface area contributed by atoms with Gasteiger partial charge >= 0.3 is 0 Å². The van der Waals surface area contributed by atoms with Gasteiger partial charge in [0.05, 0.1) is 6.54 Å². The molecular formula is C20H32N4O3. The third-order valence-electron chi connectivity index (χ3n) is 7.07.